The van der Waals surface area contributed by atoms with Gasteiger partial charge in [-0.05, 0) is 78.4 Å². The van der Waals surface area contributed by atoms with Crippen LogP contribution in [0.15, 0.2) is 114 Å². The Balaban J connectivity index is 1.68. The molecule has 0 aliphatic carbocycles. The molecule has 0 aromatic heterocycles. The fourth-order valence-corrected chi connectivity index (χ4v) is 3.99. The zero-order valence-corrected chi connectivity index (χ0v) is 19.5. The zero-order chi connectivity index (χ0) is 23.5. The maximum Gasteiger partial charge on any atom is 0.152 e. The molecule has 0 amide bonds. The van der Waals surface area contributed by atoms with E-state index in [0.717, 1.165) is 33.8 Å². The number of ether oxygens (including phenoxy) is 1. The fraction of sp³-hybridized carbons (Fsp3) is 0.0357. The highest BCUT2D eigenvalue weighted by molar-refractivity contribution is 6.30. The number of halogens is 2. The number of aliphatic imine (C=N–C) groups is 1. The van der Waals surface area contributed by atoms with Crippen molar-refractivity contribution in [3.8, 4) is 11.5 Å². The van der Waals surface area contributed by atoms with Crippen LogP contribution in [0.5, 0.6) is 11.5 Å². The smallest absolute Gasteiger partial charge is 0.152 e. The van der Waals surface area contributed by atoms with Crippen LogP contribution in [0.4, 0.5) is 11.4 Å². The quantitative estimate of drug-likeness (QED) is 0.307. The maximum absolute atomic E-state index is 9.85. The van der Waals surface area contributed by atoms with Crippen molar-refractivity contribution in [3.05, 3.63) is 130 Å². The average molecular weight is 487 g/mol. The summed E-state index contributed by atoms with van der Waals surface area (Å²) in [6.07, 6.45) is 1.44. The topological polar surface area (TPSA) is 53.9 Å². The Hall–Kier alpha value is -3.73. The van der Waals surface area contributed by atoms with Crippen LogP contribution in [0.25, 0.3) is 0 Å². The molecule has 0 radical (unpaired) electrons. The second-order valence-corrected chi connectivity index (χ2v) is 8.65. The molecule has 168 valence electrons. The van der Waals surface area contributed by atoms with E-state index < -0.39 is 6.10 Å². The first-order valence-electron chi connectivity index (χ1n) is 10.7. The van der Waals surface area contributed by atoms with Crippen LogP contribution in [0, 0.1) is 0 Å². The lowest BCUT2D eigenvalue weighted by Crippen LogP contribution is -2.18. The van der Waals surface area contributed by atoms with Gasteiger partial charge in [0, 0.05) is 33.1 Å². The molecular formula is C28H20Cl2N2O2. The van der Waals surface area contributed by atoms with Crippen molar-refractivity contribution in [2.45, 2.75) is 6.10 Å². The van der Waals surface area contributed by atoms with E-state index in [-0.39, 0.29) is 5.75 Å². The molecule has 1 unspecified atom stereocenters. The molecule has 0 fully saturated rings. The van der Waals surface area contributed by atoms with Gasteiger partial charge in [-0.25, -0.2) is 4.99 Å². The van der Waals surface area contributed by atoms with E-state index in [2.05, 4.69) is 5.32 Å². The number of phenolic OH excluding ortho intramolecular Hbond substituents is 1. The second-order valence-electron chi connectivity index (χ2n) is 7.78. The molecular weight excluding hydrogens is 467 g/mol. The van der Waals surface area contributed by atoms with Crippen LogP contribution in [-0.2, 0) is 0 Å². The summed E-state index contributed by atoms with van der Waals surface area (Å²) in [4.78, 5) is 4.99. The number of anilines is 1. The Morgan fingerprint density at radius 2 is 1.44 bits per heavy atom. The third-order valence-corrected chi connectivity index (χ3v) is 5.95. The standard InChI is InChI=1S/C28H20Cl2N2O2/c29-20-9-5-19(6-10-20)28-24(17-31-22-13-11-21(30)12-14-22)27(18-7-15-23(33)16-8-18)32-25-3-1-2-4-26(25)34-28/h1-17,28,31,33H/b24-17+. The van der Waals surface area contributed by atoms with Crippen LogP contribution in [0.3, 0.4) is 0 Å². The van der Waals surface area contributed by atoms with Crippen LogP contribution < -0.4 is 10.1 Å². The lowest BCUT2D eigenvalue weighted by molar-refractivity contribution is 0.252. The van der Waals surface area contributed by atoms with E-state index in [9.17, 15) is 5.11 Å². The van der Waals surface area contributed by atoms with Crippen molar-refractivity contribution in [1.82, 2.24) is 0 Å². The molecule has 5 rings (SSSR count). The predicted molar refractivity (Wildman–Crippen MR) is 139 cm³/mol. The van der Waals surface area contributed by atoms with Crippen molar-refractivity contribution in [2.75, 3.05) is 5.32 Å². The Morgan fingerprint density at radius 1 is 0.794 bits per heavy atom. The molecule has 6 heteroatoms. The molecule has 0 spiro atoms. The minimum atomic E-state index is -0.465. The Labute approximate surface area is 207 Å². The zero-order valence-electron chi connectivity index (χ0n) is 18.0. The summed E-state index contributed by atoms with van der Waals surface area (Å²) in [5.41, 5.74) is 4.92. The molecule has 4 aromatic rings. The number of hydrogen-bond acceptors (Lipinski definition) is 4. The molecule has 1 heterocycles. The van der Waals surface area contributed by atoms with Gasteiger partial charge in [0.05, 0.1) is 5.71 Å². The summed E-state index contributed by atoms with van der Waals surface area (Å²) in [5.74, 6) is 0.863. The molecule has 1 atom stereocenters. The summed E-state index contributed by atoms with van der Waals surface area (Å²) >= 11 is 12.2. The predicted octanol–water partition coefficient (Wildman–Crippen LogP) is 7.95. The summed E-state index contributed by atoms with van der Waals surface area (Å²) in [6.45, 7) is 0. The van der Waals surface area contributed by atoms with Gasteiger partial charge in [0.25, 0.3) is 0 Å². The lowest BCUT2D eigenvalue weighted by atomic mass is 9.94. The second kappa shape index (κ2) is 9.64. The number of phenols is 1. The maximum atomic E-state index is 9.85. The summed E-state index contributed by atoms with van der Waals surface area (Å²) < 4.78 is 6.54. The van der Waals surface area contributed by atoms with Gasteiger partial charge in [0.1, 0.15) is 17.2 Å². The minimum Gasteiger partial charge on any atom is -0.508 e. The normalized spacial score (nSPS) is 16.2. The number of nitrogens with one attached hydrogen (secondary N) is 1. The van der Waals surface area contributed by atoms with Gasteiger partial charge in [-0.1, -0.05) is 47.5 Å². The molecule has 2 N–H and O–H groups in total. The van der Waals surface area contributed by atoms with E-state index in [4.69, 9.17) is 32.9 Å². The molecule has 1 aliphatic heterocycles. The molecule has 34 heavy (non-hydrogen) atoms. The fourth-order valence-electron chi connectivity index (χ4n) is 3.74. The molecule has 1 aliphatic rings. The van der Waals surface area contributed by atoms with Crippen molar-refractivity contribution >= 4 is 40.3 Å². The van der Waals surface area contributed by atoms with Gasteiger partial charge in [-0.15, -0.1) is 0 Å². The molecule has 0 saturated carbocycles. The highest BCUT2D eigenvalue weighted by Gasteiger charge is 2.28. The van der Waals surface area contributed by atoms with Gasteiger partial charge in [0.15, 0.2) is 6.10 Å². The monoisotopic (exact) mass is 486 g/mol. The molecule has 0 saturated heterocycles. The van der Waals surface area contributed by atoms with E-state index in [1.165, 1.54) is 0 Å². The number of rotatable bonds is 4. The molecule has 4 aromatic carbocycles. The van der Waals surface area contributed by atoms with E-state index in [1.807, 2.05) is 91.1 Å². The average Bonchev–Trinajstić information content (AvgIpc) is 3.02. The van der Waals surface area contributed by atoms with Crippen molar-refractivity contribution in [3.63, 3.8) is 0 Å². The minimum absolute atomic E-state index is 0.189. The van der Waals surface area contributed by atoms with Crippen LogP contribution in [0.1, 0.15) is 17.2 Å². The number of para-hydroxylation sites is 2. The lowest BCUT2D eigenvalue weighted by Gasteiger charge is -2.22. The first kappa shape index (κ1) is 22.1. The van der Waals surface area contributed by atoms with E-state index >= 15 is 0 Å². The van der Waals surface area contributed by atoms with E-state index in [0.29, 0.717) is 15.8 Å². The third-order valence-electron chi connectivity index (χ3n) is 5.45. The third kappa shape index (κ3) is 4.79. The first-order valence-corrected chi connectivity index (χ1v) is 11.4. The number of aromatic hydroxyl groups is 1. The van der Waals surface area contributed by atoms with Gasteiger partial charge < -0.3 is 15.2 Å². The Kier molecular flexibility index (Phi) is 6.26. The van der Waals surface area contributed by atoms with Gasteiger partial charge >= 0.3 is 0 Å². The summed E-state index contributed by atoms with van der Waals surface area (Å²) in [6, 6.07) is 29.7. The number of hydrogen-bond donors (Lipinski definition) is 2. The SMILES string of the molecule is Oc1ccc(C2=Nc3ccccc3OC(c3ccc(Cl)cc3)/C2=C/Nc2ccc(Cl)cc2)cc1. The first-order chi connectivity index (χ1) is 16.6. The Bertz CT molecular complexity index is 1360. The number of fused-ring (bicyclic) bond motifs is 1. The summed E-state index contributed by atoms with van der Waals surface area (Å²) in [7, 11) is 0. The molecule has 0 bridgehead atoms. The van der Waals surface area contributed by atoms with Gasteiger partial charge in [0.2, 0.25) is 0 Å². The summed E-state index contributed by atoms with van der Waals surface area (Å²) in [5, 5.41) is 14.5. The number of benzene rings is 4. The van der Waals surface area contributed by atoms with Crippen molar-refractivity contribution in [2.24, 2.45) is 4.99 Å². The highest BCUT2D eigenvalue weighted by atomic mass is 35.5. The largest absolute Gasteiger partial charge is 0.508 e. The van der Waals surface area contributed by atoms with Gasteiger partial charge in [-0.3, -0.25) is 0 Å². The Morgan fingerprint density at radius 3 is 2.15 bits per heavy atom. The van der Waals surface area contributed by atoms with E-state index in [1.54, 1.807) is 12.1 Å². The van der Waals surface area contributed by atoms with Crippen LogP contribution in [-0.4, -0.2) is 10.8 Å². The van der Waals surface area contributed by atoms with Crippen molar-refractivity contribution in [1.29, 1.82) is 0 Å². The van der Waals surface area contributed by atoms with Crippen molar-refractivity contribution < 1.29 is 9.84 Å². The van der Waals surface area contributed by atoms with Crippen LogP contribution in [0.2, 0.25) is 10.0 Å². The highest BCUT2D eigenvalue weighted by Crippen LogP contribution is 2.40. The van der Waals surface area contributed by atoms with Crippen LogP contribution >= 0.6 is 23.2 Å². The molecule has 4 nitrogen and oxygen atoms in total. The number of nitrogens with zero attached hydrogens (tertiary/aromatic N) is 1. The van der Waals surface area contributed by atoms with Gasteiger partial charge in [-0.2, -0.15) is 0 Å².